The van der Waals surface area contributed by atoms with E-state index in [-0.39, 0.29) is 6.29 Å². The summed E-state index contributed by atoms with van der Waals surface area (Å²) in [6, 6.07) is 0. The van der Waals surface area contributed by atoms with Crippen LogP contribution in [-0.2, 0) is 14.2 Å². The molecule has 0 aromatic heterocycles. The smallest absolute Gasteiger partial charge is 0.156 e. The van der Waals surface area contributed by atoms with E-state index in [1.165, 1.54) is 250 Å². The molecule has 0 N–H and O–H groups in total. The van der Waals surface area contributed by atoms with Crippen LogP contribution in [0.15, 0.2) is 0 Å². The minimum Gasteiger partial charge on any atom is -0.381 e. The van der Waals surface area contributed by atoms with Gasteiger partial charge in [0.05, 0.1) is 0 Å². The van der Waals surface area contributed by atoms with Crippen LogP contribution >= 0.6 is 0 Å². The summed E-state index contributed by atoms with van der Waals surface area (Å²) in [5, 5.41) is 0. The Hall–Kier alpha value is -0.120. The topological polar surface area (TPSA) is 27.7 Å². The van der Waals surface area contributed by atoms with Crippen molar-refractivity contribution in [3.05, 3.63) is 0 Å². The van der Waals surface area contributed by atoms with Crippen LogP contribution < -0.4 is 0 Å². The summed E-state index contributed by atoms with van der Waals surface area (Å²) in [7, 11) is 3.41. The number of unbranched alkanes of at least 4 members (excludes halogenated alkanes) is 36. The first-order chi connectivity index (χ1) is 25.3. The second-order valence-electron chi connectivity index (χ2n) is 16.0. The number of hydrogen-bond donors (Lipinski definition) is 0. The Balaban J connectivity index is 0. The first-order valence-corrected chi connectivity index (χ1v) is 23.9. The number of ether oxygens (including phenoxy) is 3. The summed E-state index contributed by atoms with van der Waals surface area (Å²) >= 11 is 0. The first kappa shape index (κ1) is 53.0. The van der Waals surface area contributed by atoms with Gasteiger partial charge in [-0.3, -0.25) is 0 Å². The number of rotatable bonds is 44. The summed E-state index contributed by atoms with van der Waals surface area (Å²) in [6.07, 6.45) is 56.5. The molecule has 0 aromatic carbocycles. The van der Waals surface area contributed by atoms with Gasteiger partial charge < -0.3 is 14.2 Å². The van der Waals surface area contributed by atoms with Crippen molar-refractivity contribution >= 4 is 0 Å². The average molecular weight is 725 g/mol. The third-order valence-corrected chi connectivity index (χ3v) is 10.9. The Morgan fingerprint density at radius 1 is 0.255 bits per heavy atom. The molecule has 0 rings (SSSR count). The zero-order valence-corrected chi connectivity index (χ0v) is 36.5. The molecule has 3 nitrogen and oxygen atoms in total. The predicted molar refractivity (Wildman–Crippen MR) is 230 cm³/mol. The van der Waals surface area contributed by atoms with Gasteiger partial charge in [-0.25, -0.2) is 0 Å². The monoisotopic (exact) mass is 725 g/mol. The van der Waals surface area contributed by atoms with Gasteiger partial charge in [-0.15, -0.1) is 0 Å². The van der Waals surface area contributed by atoms with Crippen LogP contribution in [0.4, 0.5) is 0 Å². The van der Waals surface area contributed by atoms with Crippen molar-refractivity contribution in [3.63, 3.8) is 0 Å². The second kappa shape index (κ2) is 52.0. The molecular weight excluding hydrogens is 625 g/mol. The van der Waals surface area contributed by atoms with E-state index >= 15 is 0 Å². The van der Waals surface area contributed by atoms with E-state index in [9.17, 15) is 0 Å². The van der Waals surface area contributed by atoms with Crippen molar-refractivity contribution < 1.29 is 14.2 Å². The molecule has 0 unspecified atom stereocenters. The Morgan fingerprint density at radius 3 is 0.667 bits per heavy atom. The predicted octanol–water partition coefficient (Wildman–Crippen LogP) is 17.3. The lowest BCUT2D eigenvalue weighted by Crippen LogP contribution is -2.12. The third kappa shape index (κ3) is 52.0. The molecule has 0 aliphatic heterocycles. The number of methoxy groups -OCH3 is 2. The molecule has 0 spiro atoms. The lowest BCUT2D eigenvalue weighted by atomic mass is 10.0. The highest BCUT2D eigenvalue weighted by atomic mass is 16.7. The van der Waals surface area contributed by atoms with Crippen LogP contribution in [0.3, 0.4) is 0 Å². The maximum Gasteiger partial charge on any atom is 0.156 e. The van der Waals surface area contributed by atoms with Crippen LogP contribution in [-0.4, -0.2) is 33.7 Å². The highest BCUT2D eigenvalue weighted by Gasteiger charge is 2.03. The van der Waals surface area contributed by atoms with E-state index in [1.807, 2.05) is 0 Å². The molecule has 310 valence electrons. The molecule has 0 radical (unpaired) electrons. The van der Waals surface area contributed by atoms with Gasteiger partial charge in [0.25, 0.3) is 0 Å². The van der Waals surface area contributed by atoms with E-state index in [0.29, 0.717) is 0 Å². The largest absolute Gasteiger partial charge is 0.381 e. The molecule has 0 aliphatic carbocycles. The molecule has 0 bridgehead atoms. The van der Waals surface area contributed by atoms with Gasteiger partial charge in [-0.2, -0.15) is 0 Å². The van der Waals surface area contributed by atoms with Crippen molar-refractivity contribution in [1.82, 2.24) is 0 Å². The summed E-state index contributed by atoms with van der Waals surface area (Å²) in [5.74, 6) is 0. The molecular formula is C48H100O3. The fourth-order valence-corrected chi connectivity index (χ4v) is 7.21. The van der Waals surface area contributed by atoms with Crippen molar-refractivity contribution in [3.8, 4) is 0 Å². The van der Waals surface area contributed by atoms with Crippen LogP contribution in [0.1, 0.15) is 278 Å². The van der Waals surface area contributed by atoms with E-state index in [0.717, 1.165) is 19.6 Å². The van der Waals surface area contributed by atoms with E-state index in [2.05, 4.69) is 20.8 Å². The molecule has 0 atom stereocenters. The van der Waals surface area contributed by atoms with Crippen LogP contribution in [0, 0.1) is 0 Å². The van der Waals surface area contributed by atoms with E-state index < -0.39 is 0 Å². The summed E-state index contributed by atoms with van der Waals surface area (Å²) < 4.78 is 16.1. The highest BCUT2D eigenvalue weighted by molar-refractivity contribution is 4.52. The van der Waals surface area contributed by atoms with Crippen molar-refractivity contribution in [2.45, 2.75) is 284 Å². The molecule has 51 heavy (non-hydrogen) atoms. The van der Waals surface area contributed by atoms with Crippen molar-refractivity contribution in [1.29, 1.82) is 0 Å². The van der Waals surface area contributed by atoms with Gasteiger partial charge in [0.15, 0.2) is 6.29 Å². The highest BCUT2D eigenvalue weighted by Crippen LogP contribution is 2.16. The van der Waals surface area contributed by atoms with E-state index in [4.69, 9.17) is 14.2 Å². The molecule has 3 heteroatoms. The maximum absolute atomic E-state index is 5.87. The van der Waals surface area contributed by atoms with Crippen LogP contribution in [0.2, 0.25) is 0 Å². The Kier molecular flexibility index (Phi) is 54.0. The van der Waals surface area contributed by atoms with Crippen molar-refractivity contribution in [2.75, 3.05) is 27.4 Å². The minimum atomic E-state index is 0.00522. The summed E-state index contributed by atoms with van der Waals surface area (Å²) in [4.78, 5) is 0. The molecule has 0 amide bonds. The summed E-state index contributed by atoms with van der Waals surface area (Å²) in [6.45, 7) is 8.85. The van der Waals surface area contributed by atoms with Gasteiger partial charge in [-0.1, -0.05) is 252 Å². The Labute approximate surface area is 324 Å². The van der Waals surface area contributed by atoms with Crippen LogP contribution in [0.5, 0.6) is 0 Å². The minimum absolute atomic E-state index is 0.00522. The van der Waals surface area contributed by atoms with Gasteiger partial charge in [0.1, 0.15) is 0 Å². The Bertz CT molecular complexity index is 515. The Morgan fingerprint density at radius 2 is 0.451 bits per heavy atom. The molecule has 0 saturated heterocycles. The molecule has 0 fully saturated rings. The zero-order valence-electron chi connectivity index (χ0n) is 36.5. The fraction of sp³-hybridized carbons (Fsp3) is 1.00. The van der Waals surface area contributed by atoms with Crippen LogP contribution in [0.25, 0.3) is 0 Å². The van der Waals surface area contributed by atoms with Gasteiger partial charge in [0.2, 0.25) is 0 Å². The second-order valence-corrected chi connectivity index (χ2v) is 16.0. The van der Waals surface area contributed by atoms with Gasteiger partial charge in [0, 0.05) is 27.4 Å². The first-order valence-electron chi connectivity index (χ1n) is 23.9. The normalized spacial score (nSPS) is 11.4. The third-order valence-electron chi connectivity index (χ3n) is 10.9. The van der Waals surface area contributed by atoms with Gasteiger partial charge in [-0.05, 0) is 25.7 Å². The van der Waals surface area contributed by atoms with Gasteiger partial charge >= 0.3 is 0 Å². The lowest BCUT2D eigenvalue weighted by Gasteiger charge is -2.12. The van der Waals surface area contributed by atoms with Crippen molar-refractivity contribution in [2.24, 2.45) is 0 Å². The molecule has 0 aromatic rings. The molecule has 0 aliphatic rings. The standard InChI is InChI=1S/C36H74O.C12H26O2/c1-3-5-7-9-11-13-15-17-19-21-23-25-27-29-31-33-35-37-36-34-32-30-28-26-24-22-20-18-16-14-12-10-8-6-4-2;1-4-5-6-7-8-9-10-11-12(13-2)14-3/h3-36H2,1-2H3;12H,4-11H2,1-3H3. The van der Waals surface area contributed by atoms with E-state index in [1.54, 1.807) is 14.2 Å². The summed E-state index contributed by atoms with van der Waals surface area (Å²) in [5.41, 5.74) is 0. The lowest BCUT2D eigenvalue weighted by molar-refractivity contribution is -0.107. The maximum atomic E-state index is 5.87. The zero-order chi connectivity index (χ0) is 37.4. The average Bonchev–Trinajstić information content (AvgIpc) is 3.15. The fourth-order valence-electron chi connectivity index (χ4n) is 7.21. The molecule has 0 saturated carbocycles. The number of hydrogen-bond acceptors (Lipinski definition) is 3. The molecule has 0 heterocycles. The SMILES string of the molecule is CCCCCCCCCC(OC)OC.CCCCCCCCCCCCCCCCCCOCCCCCCCCCCCCCCCCCC. The quantitative estimate of drug-likeness (QED) is 0.0462.